The number of pyridine rings is 1. The molecule has 0 aliphatic carbocycles. The number of fused-ring (bicyclic) bond motifs is 1. The normalized spacial score (nSPS) is 10.7. The van der Waals surface area contributed by atoms with Gasteiger partial charge in [0, 0.05) is 42.5 Å². The van der Waals surface area contributed by atoms with Crippen molar-refractivity contribution in [1.82, 2.24) is 15.3 Å². The van der Waals surface area contributed by atoms with Crippen LogP contribution in [-0.4, -0.2) is 22.4 Å². The highest BCUT2D eigenvalue weighted by atomic mass is 16.1. The molecule has 2 aromatic rings. The molecule has 0 unspecified atom stereocenters. The van der Waals surface area contributed by atoms with Crippen LogP contribution in [0.4, 0.5) is 0 Å². The predicted octanol–water partition coefficient (Wildman–Crippen LogP) is 1.80. The number of hydrogen-bond acceptors (Lipinski definition) is 2. The molecule has 2 rings (SSSR count). The first-order valence-corrected chi connectivity index (χ1v) is 5.90. The predicted molar refractivity (Wildman–Crippen MR) is 67.9 cm³/mol. The summed E-state index contributed by atoms with van der Waals surface area (Å²) in [5.41, 5.74) is 3.62. The summed E-state index contributed by atoms with van der Waals surface area (Å²) >= 11 is 0. The van der Waals surface area contributed by atoms with E-state index in [1.807, 2.05) is 12.3 Å². The van der Waals surface area contributed by atoms with E-state index in [0.717, 1.165) is 23.7 Å². The van der Waals surface area contributed by atoms with Gasteiger partial charge in [-0.1, -0.05) is 6.92 Å². The molecule has 2 N–H and O–H groups in total. The van der Waals surface area contributed by atoms with Crippen LogP contribution in [0, 0.1) is 0 Å². The van der Waals surface area contributed by atoms with Gasteiger partial charge in [-0.05, 0) is 24.5 Å². The van der Waals surface area contributed by atoms with E-state index >= 15 is 0 Å². The second-order valence-corrected chi connectivity index (χ2v) is 4.09. The molecule has 0 aliphatic rings. The van der Waals surface area contributed by atoms with Crippen LogP contribution in [0.1, 0.15) is 25.1 Å². The van der Waals surface area contributed by atoms with Crippen molar-refractivity contribution in [3.05, 3.63) is 29.7 Å². The van der Waals surface area contributed by atoms with E-state index in [1.54, 1.807) is 6.20 Å². The number of nitrogens with zero attached hydrogens (tertiary/aromatic N) is 1. The quantitative estimate of drug-likeness (QED) is 0.843. The van der Waals surface area contributed by atoms with Crippen molar-refractivity contribution >= 4 is 16.8 Å². The molecule has 0 saturated heterocycles. The number of aryl methyl sites for hydroxylation is 1. The minimum atomic E-state index is 0.0148. The van der Waals surface area contributed by atoms with Crippen molar-refractivity contribution in [3.8, 4) is 0 Å². The maximum absolute atomic E-state index is 10.9. The van der Waals surface area contributed by atoms with E-state index in [1.165, 1.54) is 18.2 Å². The van der Waals surface area contributed by atoms with Gasteiger partial charge in [-0.2, -0.15) is 0 Å². The number of amides is 1. The number of H-pyrrole nitrogens is 1. The van der Waals surface area contributed by atoms with Crippen molar-refractivity contribution in [3.63, 3.8) is 0 Å². The average molecular weight is 231 g/mol. The Morgan fingerprint density at radius 1 is 1.53 bits per heavy atom. The van der Waals surface area contributed by atoms with Crippen molar-refractivity contribution in [2.45, 2.75) is 26.7 Å². The zero-order valence-electron chi connectivity index (χ0n) is 10.2. The van der Waals surface area contributed by atoms with Gasteiger partial charge in [0.2, 0.25) is 5.91 Å². The molecule has 2 heterocycles. The molecule has 1 amide bonds. The maximum Gasteiger partial charge on any atom is 0.216 e. The SMILES string of the molecule is CCc1[nH]c2ccncc2c1CCNC(C)=O. The smallest absolute Gasteiger partial charge is 0.216 e. The molecule has 4 nitrogen and oxygen atoms in total. The second kappa shape index (κ2) is 4.99. The zero-order valence-corrected chi connectivity index (χ0v) is 10.2. The van der Waals surface area contributed by atoms with Gasteiger partial charge in [0.15, 0.2) is 0 Å². The molecule has 17 heavy (non-hydrogen) atoms. The molecule has 0 bridgehead atoms. The molecule has 2 aromatic heterocycles. The highest BCUT2D eigenvalue weighted by Gasteiger charge is 2.09. The Morgan fingerprint density at radius 2 is 2.35 bits per heavy atom. The van der Waals surface area contributed by atoms with E-state index in [-0.39, 0.29) is 5.91 Å². The number of aromatic nitrogens is 2. The van der Waals surface area contributed by atoms with Crippen LogP contribution < -0.4 is 5.32 Å². The molecule has 4 heteroatoms. The summed E-state index contributed by atoms with van der Waals surface area (Å²) < 4.78 is 0. The van der Waals surface area contributed by atoms with Crippen molar-refractivity contribution in [2.24, 2.45) is 0 Å². The Balaban J connectivity index is 2.27. The summed E-state index contributed by atoms with van der Waals surface area (Å²) in [6.07, 6.45) is 5.47. The number of carbonyl (C=O) groups excluding carboxylic acids is 1. The van der Waals surface area contributed by atoms with Gasteiger partial charge in [-0.3, -0.25) is 9.78 Å². The van der Waals surface area contributed by atoms with E-state index in [4.69, 9.17) is 0 Å². The molecule has 0 atom stereocenters. The van der Waals surface area contributed by atoms with Crippen LogP contribution in [-0.2, 0) is 17.6 Å². The molecule has 0 aliphatic heterocycles. The first-order valence-electron chi connectivity index (χ1n) is 5.90. The molecule has 90 valence electrons. The number of rotatable bonds is 4. The lowest BCUT2D eigenvalue weighted by atomic mass is 10.1. The first kappa shape index (κ1) is 11.6. The molecular weight excluding hydrogens is 214 g/mol. The summed E-state index contributed by atoms with van der Waals surface area (Å²) in [4.78, 5) is 18.4. The molecule has 0 saturated carbocycles. The number of nitrogens with one attached hydrogen (secondary N) is 2. The van der Waals surface area contributed by atoms with Crippen molar-refractivity contribution in [2.75, 3.05) is 6.54 Å². The van der Waals surface area contributed by atoms with Gasteiger partial charge in [-0.15, -0.1) is 0 Å². The Hall–Kier alpha value is -1.84. The number of hydrogen-bond donors (Lipinski definition) is 2. The standard InChI is InChI=1S/C13H17N3O/c1-3-12-10(4-7-15-9(2)17)11-8-14-6-5-13(11)16-12/h5-6,8,16H,3-4,7H2,1-2H3,(H,15,17). The van der Waals surface area contributed by atoms with Crippen molar-refractivity contribution < 1.29 is 4.79 Å². The van der Waals surface area contributed by atoms with E-state index < -0.39 is 0 Å². The van der Waals surface area contributed by atoms with E-state index in [0.29, 0.717) is 6.54 Å². The maximum atomic E-state index is 10.9. The summed E-state index contributed by atoms with van der Waals surface area (Å²) in [6.45, 7) is 4.34. The monoisotopic (exact) mass is 231 g/mol. The zero-order chi connectivity index (χ0) is 12.3. The topological polar surface area (TPSA) is 57.8 Å². The molecular formula is C13H17N3O. The Morgan fingerprint density at radius 3 is 3.06 bits per heavy atom. The van der Waals surface area contributed by atoms with Crippen LogP contribution in [0.5, 0.6) is 0 Å². The summed E-state index contributed by atoms with van der Waals surface area (Å²) in [7, 11) is 0. The van der Waals surface area contributed by atoms with Gasteiger partial charge in [-0.25, -0.2) is 0 Å². The van der Waals surface area contributed by atoms with Crippen LogP contribution in [0.15, 0.2) is 18.5 Å². The van der Waals surface area contributed by atoms with Gasteiger partial charge in [0.25, 0.3) is 0 Å². The fraction of sp³-hybridized carbons (Fsp3) is 0.385. The lowest BCUT2D eigenvalue weighted by molar-refractivity contribution is -0.118. The Bertz CT molecular complexity index is 530. The molecule has 0 aromatic carbocycles. The lowest BCUT2D eigenvalue weighted by Crippen LogP contribution is -2.22. The second-order valence-electron chi connectivity index (χ2n) is 4.09. The van der Waals surface area contributed by atoms with Crippen LogP contribution in [0.2, 0.25) is 0 Å². The molecule has 0 spiro atoms. The van der Waals surface area contributed by atoms with Gasteiger partial charge >= 0.3 is 0 Å². The number of aromatic amines is 1. The summed E-state index contributed by atoms with van der Waals surface area (Å²) in [5, 5.41) is 3.99. The van der Waals surface area contributed by atoms with Crippen LogP contribution in [0.3, 0.4) is 0 Å². The van der Waals surface area contributed by atoms with Crippen LogP contribution in [0.25, 0.3) is 10.9 Å². The fourth-order valence-electron chi connectivity index (χ4n) is 2.10. The van der Waals surface area contributed by atoms with Crippen LogP contribution >= 0.6 is 0 Å². The third-order valence-corrected chi connectivity index (χ3v) is 2.90. The Kier molecular flexibility index (Phi) is 3.42. The largest absolute Gasteiger partial charge is 0.358 e. The fourth-order valence-corrected chi connectivity index (χ4v) is 2.10. The first-order chi connectivity index (χ1) is 8.22. The third kappa shape index (κ3) is 2.46. The summed E-state index contributed by atoms with van der Waals surface area (Å²) in [5.74, 6) is 0.0148. The molecule has 0 fully saturated rings. The average Bonchev–Trinajstić information content (AvgIpc) is 2.67. The Labute approximate surface area is 100 Å². The van der Waals surface area contributed by atoms with Gasteiger partial charge in [0.05, 0.1) is 0 Å². The summed E-state index contributed by atoms with van der Waals surface area (Å²) in [6, 6.07) is 1.98. The highest BCUT2D eigenvalue weighted by molar-refractivity contribution is 5.83. The van der Waals surface area contributed by atoms with Crippen molar-refractivity contribution in [1.29, 1.82) is 0 Å². The van der Waals surface area contributed by atoms with Gasteiger partial charge in [0.1, 0.15) is 0 Å². The highest BCUT2D eigenvalue weighted by Crippen LogP contribution is 2.22. The lowest BCUT2D eigenvalue weighted by Gasteiger charge is -2.03. The minimum absolute atomic E-state index is 0.0148. The van der Waals surface area contributed by atoms with E-state index in [9.17, 15) is 4.79 Å². The van der Waals surface area contributed by atoms with E-state index in [2.05, 4.69) is 22.2 Å². The minimum Gasteiger partial charge on any atom is -0.358 e. The number of carbonyl (C=O) groups is 1. The third-order valence-electron chi connectivity index (χ3n) is 2.90. The molecule has 0 radical (unpaired) electrons. The van der Waals surface area contributed by atoms with Gasteiger partial charge < -0.3 is 10.3 Å².